The molecule has 0 atom stereocenters. The van der Waals surface area contributed by atoms with E-state index in [1.54, 1.807) is 6.07 Å². The average molecular weight is 210 g/mol. The molecule has 15 heavy (non-hydrogen) atoms. The van der Waals surface area contributed by atoms with Crippen molar-refractivity contribution in [1.29, 1.82) is 0 Å². The zero-order chi connectivity index (χ0) is 9.97. The molecule has 0 saturated heterocycles. The van der Waals surface area contributed by atoms with E-state index in [1.807, 2.05) is 36.4 Å². The van der Waals surface area contributed by atoms with E-state index in [2.05, 4.69) is 0 Å². The van der Waals surface area contributed by atoms with E-state index in [9.17, 15) is 4.79 Å². The maximum absolute atomic E-state index is 11.4. The van der Waals surface area contributed by atoms with Crippen LogP contribution in [0.25, 0.3) is 10.8 Å². The molecule has 2 aromatic rings. The Morgan fingerprint density at radius 2 is 1.73 bits per heavy atom. The summed E-state index contributed by atoms with van der Waals surface area (Å²) in [5, 5.41) is 1.98. The van der Waals surface area contributed by atoms with Crippen LogP contribution in [0.1, 0.15) is 10.4 Å². The van der Waals surface area contributed by atoms with Gasteiger partial charge in [0.05, 0.1) is 12.7 Å². The topological polar surface area (TPSA) is 26.3 Å². The van der Waals surface area contributed by atoms with Gasteiger partial charge in [-0.15, -0.1) is 0 Å². The van der Waals surface area contributed by atoms with Gasteiger partial charge in [-0.2, -0.15) is 0 Å². The Hall–Kier alpha value is -0.830. The van der Waals surface area contributed by atoms with Crippen molar-refractivity contribution in [1.82, 2.24) is 0 Å². The number of esters is 1. The number of benzene rings is 2. The van der Waals surface area contributed by atoms with Gasteiger partial charge in [-0.25, -0.2) is 4.79 Å². The maximum atomic E-state index is 11.4. The van der Waals surface area contributed by atoms with Gasteiger partial charge >= 0.3 is 35.5 Å². The molecule has 2 nitrogen and oxygen atoms in total. The van der Waals surface area contributed by atoms with Crippen LogP contribution in [0.15, 0.2) is 42.5 Å². The van der Waals surface area contributed by atoms with Crippen LogP contribution >= 0.6 is 0 Å². The van der Waals surface area contributed by atoms with Crippen LogP contribution in [0.2, 0.25) is 0 Å². The molecule has 0 spiro atoms. The van der Waals surface area contributed by atoms with Gasteiger partial charge in [-0.05, 0) is 16.8 Å². The predicted molar refractivity (Wildman–Crippen MR) is 62.4 cm³/mol. The molecule has 0 fully saturated rings. The number of hydrogen-bond acceptors (Lipinski definition) is 2. The summed E-state index contributed by atoms with van der Waals surface area (Å²) in [7, 11) is 1.39. The number of ether oxygens (including phenoxy) is 1. The van der Waals surface area contributed by atoms with Gasteiger partial charge in [0, 0.05) is 0 Å². The van der Waals surface area contributed by atoms with Gasteiger partial charge < -0.3 is 4.74 Å². The Morgan fingerprint density at radius 3 is 2.47 bits per heavy atom. The van der Waals surface area contributed by atoms with Crippen LogP contribution in [0.5, 0.6) is 0 Å². The number of hydrogen-bond donors (Lipinski definition) is 0. The molecular weight excluding hydrogens is 199 g/mol. The molecule has 0 amide bonds. The number of carbonyl (C=O) groups is 1. The van der Waals surface area contributed by atoms with E-state index >= 15 is 0 Å². The van der Waals surface area contributed by atoms with Gasteiger partial charge in [-0.3, -0.25) is 0 Å². The third-order valence-corrected chi connectivity index (χ3v) is 2.19. The second-order valence-corrected chi connectivity index (χ2v) is 3.02. The Labute approximate surface area is 111 Å². The fraction of sp³-hybridized carbons (Fsp3) is 0.0833. The molecule has 0 radical (unpaired) electrons. The predicted octanol–water partition coefficient (Wildman–Crippen LogP) is 1.98. The fourth-order valence-electron chi connectivity index (χ4n) is 1.51. The minimum atomic E-state index is -0.290. The minimum absolute atomic E-state index is 0. The average Bonchev–Trinajstić information content (AvgIpc) is 2.27. The van der Waals surface area contributed by atoms with Crippen molar-refractivity contribution in [2.24, 2.45) is 0 Å². The first kappa shape index (κ1) is 12.2. The van der Waals surface area contributed by atoms with Gasteiger partial charge in [0.2, 0.25) is 0 Å². The second-order valence-electron chi connectivity index (χ2n) is 3.02. The van der Waals surface area contributed by atoms with Crippen molar-refractivity contribution in [2.45, 2.75) is 0 Å². The van der Waals surface area contributed by atoms with Crippen LogP contribution in [-0.4, -0.2) is 42.6 Å². The van der Waals surface area contributed by atoms with Crippen LogP contribution < -0.4 is 0 Å². The van der Waals surface area contributed by atoms with E-state index in [4.69, 9.17) is 4.74 Å². The number of rotatable bonds is 1. The molecule has 0 aromatic heterocycles. The Bertz CT molecular complexity index is 475. The molecule has 0 bridgehead atoms. The second kappa shape index (κ2) is 5.31. The number of methoxy groups -OCH3 is 1. The van der Waals surface area contributed by atoms with E-state index in [0.717, 1.165) is 10.8 Å². The molecule has 0 unspecified atom stereocenters. The van der Waals surface area contributed by atoms with E-state index in [1.165, 1.54) is 7.11 Å². The van der Waals surface area contributed by atoms with Crippen LogP contribution in [0.4, 0.5) is 0 Å². The van der Waals surface area contributed by atoms with Crippen molar-refractivity contribution >= 4 is 46.3 Å². The third kappa shape index (κ3) is 2.40. The monoisotopic (exact) mass is 210 g/mol. The van der Waals surface area contributed by atoms with Crippen molar-refractivity contribution in [3.63, 3.8) is 0 Å². The zero-order valence-corrected chi connectivity index (χ0v) is 7.86. The summed E-state index contributed by atoms with van der Waals surface area (Å²) in [6.07, 6.45) is 0. The molecule has 3 heteroatoms. The first-order chi connectivity index (χ1) is 6.83. The fourth-order valence-corrected chi connectivity index (χ4v) is 1.51. The Balaban J connectivity index is 0.00000112. The number of fused-ring (bicyclic) bond motifs is 1. The number of carbonyl (C=O) groups excluding carboxylic acids is 1. The van der Waals surface area contributed by atoms with Crippen LogP contribution in [0, 0.1) is 0 Å². The van der Waals surface area contributed by atoms with Crippen LogP contribution in [0.3, 0.4) is 0 Å². The van der Waals surface area contributed by atoms with Gasteiger partial charge in [0.15, 0.2) is 0 Å². The van der Waals surface area contributed by atoms with Gasteiger partial charge in [-0.1, -0.05) is 36.4 Å². The molecule has 0 aliphatic carbocycles. The van der Waals surface area contributed by atoms with Crippen molar-refractivity contribution in [2.75, 3.05) is 7.11 Å². The molecule has 0 saturated carbocycles. The van der Waals surface area contributed by atoms with Crippen LogP contribution in [-0.2, 0) is 4.74 Å². The standard InChI is InChI=1S/C12H10O2.Na.H/c1-14-12(13)11-8-4-6-9-5-2-3-7-10(9)11;;/h2-8H,1H3;;. The SMILES string of the molecule is COC(=O)c1cccc2ccccc12.[NaH]. The summed E-state index contributed by atoms with van der Waals surface area (Å²) < 4.78 is 4.71. The molecular formula is C12H11NaO2. The van der Waals surface area contributed by atoms with Crippen molar-refractivity contribution in [3.8, 4) is 0 Å². The zero-order valence-electron chi connectivity index (χ0n) is 7.86. The molecule has 0 heterocycles. The summed E-state index contributed by atoms with van der Waals surface area (Å²) >= 11 is 0. The summed E-state index contributed by atoms with van der Waals surface area (Å²) in [5.41, 5.74) is 0.616. The van der Waals surface area contributed by atoms with E-state index in [-0.39, 0.29) is 35.5 Å². The first-order valence-corrected chi connectivity index (χ1v) is 4.39. The molecule has 72 valence electrons. The molecule has 2 rings (SSSR count). The van der Waals surface area contributed by atoms with Crippen molar-refractivity contribution in [3.05, 3.63) is 48.0 Å². The molecule has 2 aromatic carbocycles. The van der Waals surface area contributed by atoms with E-state index in [0.29, 0.717) is 5.56 Å². The molecule has 0 aliphatic heterocycles. The Kier molecular flexibility index (Phi) is 4.33. The molecule has 0 aliphatic rings. The normalized spacial score (nSPS) is 9.40. The molecule has 0 N–H and O–H groups in total. The summed E-state index contributed by atoms with van der Waals surface area (Å²) in [6, 6.07) is 13.4. The Morgan fingerprint density at radius 1 is 1.07 bits per heavy atom. The first-order valence-electron chi connectivity index (χ1n) is 4.39. The summed E-state index contributed by atoms with van der Waals surface area (Å²) in [5.74, 6) is -0.290. The summed E-state index contributed by atoms with van der Waals surface area (Å²) in [4.78, 5) is 11.4. The van der Waals surface area contributed by atoms with Crippen molar-refractivity contribution < 1.29 is 9.53 Å². The third-order valence-electron chi connectivity index (χ3n) is 2.19. The van der Waals surface area contributed by atoms with E-state index < -0.39 is 0 Å². The van der Waals surface area contributed by atoms with Gasteiger partial charge in [0.1, 0.15) is 0 Å². The van der Waals surface area contributed by atoms with Gasteiger partial charge in [0.25, 0.3) is 0 Å². The quantitative estimate of drug-likeness (QED) is 0.531. The summed E-state index contributed by atoms with van der Waals surface area (Å²) in [6.45, 7) is 0.